The van der Waals surface area contributed by atoms with Crippen LogP contribution in [0.2, 0.25) is 0 Å². The molecule has 0 atom stereocenters. The van der Waals surface area contributed by atoms with Crippen LogP contribution in [-0.2, 0) is 0 Å². The SMILES string of the molecule is CN(CCNC1=NCCN1)C1CC1. The number of guanidine groups is 1. The van der Waals surface area contributed by atoms with Crippen LogP contribution in [0.1, 0.15) is 12.8 Å². The van der Waals surface area contributed by atoms with Crippen molar-refractivity contribution in [2.45, 2.75) is 18.9 Å². The molecule has 1 heterocycles. The van der Waals surface area contributed by atoms with Gasteiger partial charge in [0.25, 0.3) is 0 Å². The number of hydrogen-bond acceptors (Lipinski definition) is 4. The van der Waals surface area contributed by atoms with Crippen LogP contribution < -0.4 is 10.6 Å². The van der Waals surface area contributed by atoms with Gasteiger partial charge in [0.2, 0.25) is 0 Å². The molecule has 0 amide bonds. The zero-order valence-corrected chi connectivity index (χ0v) is 8.21. The molecule has 4 nitrogen and oxygen atoms in total. The Hall–Kier alpha value is -0.770. The maximum Gasteiger partial charge on any atom is 0.191 e. The van der Waals surface area contributed by atoms with Crippen LogP contribution in [0, 0.1) is 0 Å². The highest BCUT2D eigenvalue weighted by Crippen LogP contribution is 2.24. The van der Waals surface area contributed by atoms with Gasteiger partial charge in [0, 0.05) is 25.7 Å². The summed E-state index contributed by atoms with van der Waals surface area (Å²) in [6.07, 6.45) is 2.77. The van der Waals surface area contributed by atoms with Gasteiger partial charge in [0.1, 0.15) is 0 Å². The number of aliphatic imine (C=N–C) groups is 1. The van der Waals surface area contributed by atoms with Crippen LogP contribution in [-0.4, -0.2) is 50.1 Å². The van der Waals surface area contributed by atoms with E-state index in [-0.39, 0.29) is 0 Å². The Kier molecular flexibility index (Phi) is 2.68. The zero-order valence-electron chi connectivity index (χ0n) is 8.21. The lowest BCUT2D eigenvalue weighted by Crippen LogP contribution is -2.38. The summed E-state index contributed by atoms with van der Waals surface area (Å²) in [5.41, 5.74) is 0. The largest absolute Gasteiger partial charge is 0.355 e. The van der Waals surface area contributed by atoms with Crippen molar-refractivity contribution < 1.29 is 0 Å². The van der Waals surface area contributed by atoms with E-state index in [1.54, 1.807) is 0 Å². The van der Waals surface area contributed by atoms with E-state index in [4.69, 9.17) is 0 Å². The lowest BCUT2D eigenvalue weighted by Gasteiger charge is -2.16. The van der Waals surface area contributed by atoms with Gasteiger partial charge in [-0.05, 0) is 19.9 Å². The summed E-state index contributed by atoms with van der Waals surface area (Å²) in [4.78, 5) is 6.69. The molecule has 0 aromatic rings. The normalized spacial score (nSPS) is 21.5. The van der Waals surface area contributed by atoms with E-state index in [0.29, 0.717) is 0 Å². The van der Waals surface area contributed by atoms with E-state index in [9.17, 15) is 0 Å². The third kappa shape index (κ3) is 2.59. The molecule has 0 unspecified atom stereocenters. The highest BCUT2D eigenvalue weighted by Gasteiger charge is 2.25. The van der Waals surface area contributed by atoms with E-state index < -0.39 is 0 Å². The van der Waals surface area contributed by atoms with Crippen LogP contribution in [0.3, 0.4) is 0 Å². The third-order valence-corrected chi connectivity index (χ3v) is 2.60. The van der Waals surface area contributed by atoms with Crippen LogP contribution in [0.4, 0.5) is 0 Å². The Labute approximate surface area is 79.4 Å². The van der Waals surface area contributed by atoms with Gasteiger partial charge in [0.05, 0.1) is 6.54 Å². The predicted octanol–water partition coefficient (Wildman–Crippen LogP) is -0.371. The van der Waals surface area contributed by atoms with Crippen molar-refractivity contribution in [1.29, 1.82) is 0 Å². The van der Waals surface area contributed by atoms with Crippen molar-refractivity contribution in [1.82, 2.24) is 15.5 Å². The first-order valence-electron chi connectivity index (χ1n) is 5.09. The van der Waals surface area contributed by atoms with E-state index in [0.717, 1.165) is 38.2 Å². The van der Waals surface area contributed by atoms with Crippen molar-refractivity contribution in [3.05, 3.63) is 0 Å². The number of hydrogen-bond donors (Lipinski definition) is 2. The molecule has 0 saturated heterocycles. The summed E-state index contributed by atoms with van der Waals surface area (Å²) < 4.78 is 0. The minimum atomic E-state index is 0.861. The van der Waals surface area contributed by atoms with Crippen molar-refractivity contribution in [3.63, 3.8) is 0 Å². The molecule has 0 radical (unpaired) electrons. The van der Waals surface area contributed by atoms with Gasteiger partial charge in [-0.15, -0.1) is 0 Å². The number of likely N-dealkylation sites (N-methyl/N-ethyl adjacent to an activating group) is 1. The molecule has 4 heteroatoms. The lowest BCUT2D eigenvalue weighted by molar-refractivity contribution is 0.328. The second kappa shape index (κ2) is 3.96. The third-order valence-electron chi connectivity index (χ3n) is 2.60. The summed E-state index contributed by atoms with van der Waals surface area (Å²) in [6, 6.07) is 0.861. The molecule has 1 aliphatic heterocycles. The molecular weight excluding hydrogens is 164 g/mol. The first kappa shape index (κ1) is 8.81. The number of nitrogens with one attached hydrogen (secondary N) is 2. The van der Waals surface area contributed by atoms with Gasteiger partial charge in [0.15, 0.2) is 5.96 Å². The highest BCUT2D eigenvalue weighted by atomic mass is 15.2. The minimum absolute atomic E-state index is 0.861. The van der Waals surface area contributed by atoms with E-state index in [1.165, 1.54) is 12.8 Å². The fraction of sp³-hybridized carbons (Fsp3) is 0.889. The molecule has 0 aromatic carbocycles. The summed E-state index contributed by atoms with van der Waals surface area (Å²) in [5.74, 6) is 0.976. The average molecular weight is 182 g/mol. The van der Waals surface area contributed by atoms with Gasteiger partial charge in [-0.3, -0.25) is 4.99 Å². The van der Waals surface area contributed by atoms with Gasteiger partial charge in [-0.1, -0.05) is 0 Å². The maximum absolute atomic E-state index is 4.27. The molecule has 2 N–H and O–H groups in total. The van der Waals surface area contributed by atoms with Crippen LogP contribution in [0.25, 0.3) is 0 Å². The van der Waals surface area contributed by atoms with Crippen LogP contribution in [0.15, 0.2) is 4.99 Å². The topological polar surface area (TPSA) is 39.7 Å². The standard InChI is InChI=1S/C9H18N4/c1-13(8-2-3-8)7-6-12-9-10-4-5-11-9/h8H,2-7H2,1H3,(H2,10,11,12). The van der Waals surface area contributed by atoms with Crippen molar-refractivity contribution >= 4 is 5.96 Å². The minimum Gasteiger partial charge on any atom is -0.355 e. The molecule has 1 fully saturated rings. The predicted molar refractivity (Wildman–Crippen MR) is 54.0 cm³/mol. The summed E-state index contributed by atoms with van der Waals surface area (Å²) in [7, 11) is 2.20. The Morgan fingerprint density at radius 3 is 3.08 bits per heavy atom. The van der Waals surface area contributed by atoms with E-state index in [2.05, 4.69) is 27.6 Å². The molecule has 2 rings (SSSR count). The Morgan fingerprint density at radius 1 is 1.62 bits per heavy atom. The first-order valence-corrected chi connectivity index (χ1v) is 5.09. The smallest absolute Gasteiger partial charge is 0.191 e. The maximum atomic E-state index is 4.27. The first-order chi connectivity index (χ1) is 6.36. The molecule has 74 valence electrons. The van der Waals surface area contributed by atoms with Gasteiger partial charge in [-0.25, -0.2) is 0 Å². The average Bonchev–Trinajstić information content (AvgIpc) is 2.86. The fourth-order valence-corrected chi connectivity index (χ4v) is 1.56. The Balaban J connectivity index is 1.57. The zero-order chi connectivity index (χ0) is 9.10. The van der Waals surface area contributed by atoms with E-state index >= 15 is 0 Å². The lowest BCUT2D eigenvalue weighted by atomic mass is 10.5. The van der Waals surface area contributed by atoms with E-state index in [1.807, 2.05) is 0 Å². The molecule has 1 saturated carbocycles. The summed E-state index contributed by atoms with van der Waals surface area (Å²) >= 11 is 0. The Morgan fingerprint density at radius 2 is 2.46 bits per heavy atom. The molecule has 13 heavy (non-hydrogen) atoms. The second-order valence-electron chi connectivity index (χ2n) is 3.80. The van der Waals surface area contributed by atoms with Gasteiger partial charge >= 0.3 is 0 Å². The molecule has 0 bridgehead atoms. The van der Waals surface area contributed by atoms with Gasteiger partial charge in [-0.2, -0.15) is 0 Å². The van der Waals surface area contributed by atoms with Crippen molar-refractivity contribution in [2.75, 3.05) is 33.2 Å². The summed E-state index contributed by atoms with van der Waals surface area (Å²) in [5, 5.41) is 6.49. The monoisotopic (exact) mass is 182 g/mol. The van der Waals surface area contributed by atoms with Gasteiger partial charge < -0.3 is 15.5 Å². The number of rotatable bonds is 4. The molecule has 0 aromatic heterocycles. The van der Waals surface area contributed by atoms with Crippen LogP contribution >= 0.6 is 0 Å². The molecule has 1 aliphatic carbocycles. The highest BCUT2D eigenvalue weighted by molar-refractivity contribution is 5.81. The second-order valence-corrected chi connectivity index (χ2v) is 3.80. The van der Waals surface area contributed by atoms with Crippen molar-refractivity contribution in [2.24, 2.45) is 4.99 Å². The molecule has 2 aliphatic rings. The van der Waals surface area contributed by atoms with Crippen molar-refractivity contribution in [3.8, 4) is 0 Å². The Bertz CT molecular complexity index is 198. The quantitative estimate of drug-likeness (QED) is 0.623. The van der Waals surface area contributed by atoms with Crippen LogP contribution in [0.5, 0.6) is 0 Å². The summed E-state index contributed by atoms with van der Waals surface area (Å²) in [6.45, 7) is 4.02. The number of nitrogens with zero attached hydrogens (tertiary/aromatic N) is 2. The fourth-order valence-electron chi connectivity index (χ4n) is 1.56. The molecule has 0 spiro atoms. The molecular formula is C9H18N4.